The number of alkyl halides is 4. The van der Waals surface area contributed by atoms with Gasteiger partial charge >= 0.3 is 6.18 Å². The highest BCUT2D eigenvalue weighted by Gasteiger charge is 2.54. The van der Waals surface area contributed by atoms with Crippen molar-refractivity contribution in [1.29, 1.82) is 0 Å². The molecule has 20 heavy (non-hydrogen) atoms. The Labute approximate surface area is 123 Å². The molecule has 0 saturated carbocycles. The number of carbonyl (C=O) groups excluding carboxylic acids is 1. The molecule has 0 fully saturated rings. The third-order valence-electron chi connectivity index (χ3n) is 3.42. The fraction of sp³-hybridized carbons (Fsp3) is 0.267. The summed E-state index contributed by atoms with van der Waals surface area (Å²) in [6, 6.07) is 8.48. The minimum atomic E-state index is -4.38. The molecule has 1 aliphatic carbocycles. The minimum Gasteiger partial charge on any atom is -0.289 e. The SMILES string of the molecule is CC1(C(F)(F)F)C=CC(C(=O)c2ccccc2)=CC1Br. The smallest absolute Gasteiger partial charge is 0.289 e. The van der Waals surface area contributed by atoms with Crippen LogP contribution in [0.15, 0.2) is 54.1 Å². The maximum Gasteiger partial charge on any atom is 0.398 e. The van der Waals surface area contributed by atoms with Crippen molar-refractivity contribution in [1.82, 2.24) is 0 Å². The van der Waals surface area contributed by atoms with E-state index in [1.165, 1.54) is 12.2 Å². The number of allylic oxidation sites excluding steroid dienone is 4. The number of Topliss-reactive ketones (excluding diaryl/α,β-unsaturated/α-hetero) is 1. The van der Waals surface area contributed by atoms with Crippen molar-refractivity contribution in [2.24, 2.45) is 5.41 Å². The van der Waals surface area contributed by atoms with Crippen molar-refractivity contribution in [3.05, 3.63) is 59.7 Å². The number of hydrogen-bond acceptors (Lipinski definition) is 1. The van der Waals surface area contributed by atoms with Crippen LogP contribution in [0.3, 0.4) is 0 Å². The number of hydrogen-bond donors (Lipinski definition) is 0. The number of halogens is 4. The first-order valence-corrected chi connectivity index (χ1v) is 6.89. The van der Waals surface area contributed by atoms with Crippen LogP contribution in [-0.4, -0.2) is 16.8 Å². The van der Waals surface area contributed by atoms with Gasteiger partial charge in [-0.2, -0.15) is 13.2 Å². The molecule has 5 heteroatoms. The van der Waals surface area contributed by atoms with Crippen molar-refractivity contribution in [3.8, 4) is 0 Å². The van der Waals surface area contributed by atoms with Crippen LogP contribution in [0.2, 0.25) is 0 Å². The van der Waals surface area contributed by atoms with E-state index >= 15 is 0 Å². The van der Waals surface area contributed by atoms with Crippen LogP contribution in [0.1, 0.15) is 17.3 Å². The lowest BCUT2D eigenvalue weighted by molar-refractivity contribution is -0.196. The Bertz CT molecular complexity index is 575. The van der Waals surface area contributed by atoms with Gasteiger partial charge < -0.3 is 0 Å². The van der Waals surface area contributed by atoms with Crippen LogP contribution in [0, 0.1) is 5.41 Å². The van der Waals surface area contributed by atoms with Gasteiger partial charge in [0.05, 0.1) is 10.2 Å². The molecule has 2 rings (SSSR count). The van der Waals surface area contributed by atoms with E-state index in [0.717, 1.165) is 13.0 Å². The van der Waals surface area contributed by atoms with E-state index in [4.69, 9.17) is 0 Å². The molecule has 0 aliphatic heterocycles. The van der Waals surface area contributed by atoms with E-state index < -0.39 is 16.4 Å². The van der Waals surface area contributed by atoms with Gasteiger partial charge in [0, 0.05) is 11.1 Å². The standard InChI is InChI=1S/C15H12BrF3O/c1-14(15(17,18)19)8-7-11(9-12(14)16)13(20)10-5-3-2-4-6-10/h2-9,12H,1H3. The molecule has 1 nitrogen and oxygen atoms in total. The Morgan fingerprint density at radius 1 is 1.25 bits per heavy atom. The van der Waals surface area contributed by atoms with Crippen molar-refractivity contribution in [3.63, 3.8) is 0 Å². The summed E-state index contributed by atoms with van der Waals surface area (Å²) in [7, 11) is 0. The van der Waals surface area contributed by atoms with E-state index in [2.05, 4.69) is 15.9 Å². The second-order valence-corrected chi connectivity index (χ2v) is 5.82. The normalized spacial score (nSPS) is 26.2. The van der Waals surface area contributed by atoms with E-state index in [-0.39, 0.29) is 11.4 Å². The van der Waals surface area contributed by atoms with E-state index in [9.17, 15) is 18.0 Å². The fourth-order valence-electron chi connectivity index (χ4n) is 1.90. The first-order valence-electron chi connectivity index (χ1n) is 5.97. The van der Waals surface area contributed by atoms with E-state index in [0.29, 0.717) is 5.56 Å². The fourth-order valence-corrected chi connectivity index (χ4v) is 2.60. The molecule has 0 heterocycles. The van der Waals surface area contributed by atoms with Gasteiger partial charge in [-0.05, 0) is 6.92 Å². The number of ketones is 1. The minimum absolute atomic E-state index is 0.264. The Kier molecular flexibility index (Phi) is 3.91. The van der Waals surface area contributed by atoms with Gasteiger partial charge in [-0.15, -0.1) is 0 Å². The molecular formula is C15H12BrF3O. The van der Waals surface area contributed by atoms with Gasteiger partial charge in [-0.1, -0.05) is 64.5 Å². The van der Waals surface area contributed by atoms with Crippen molar-refractivity contribution < 1.29 is 18.0 Å². The van der Waals surface area contributed by atoms with Crippen molar-refractivity contribution >= 4 is 21.7 Å². The van der Waals surface area contributed by atoms with Gasteiger partial charge in [-0.25, -0.2) is 0 Å². The zero-order valence-electron chi connectivity index (χ0n) is 10.6. The summed E-state index contributed by atoms with van der Waals surface area (Å²) in [5, 5.41) is 0. The lowest BCUT2D eigenvalue weighted by atomic mass is 9.80. The molecule has 1 aliphatic rings. The molecule has 0 saturated heterocycles. The van der Waals surface area contributed by atoms with Crippen LogP contribution in [0.25, 0.3) is 0 Å². The summed E-state index contributed by atoms with van der Waals surface area (Å²) in [6.45, 7) is 1.10. The van der Waals surface area contributed by atoms with Gasteiger partial charge in [0.1, 0.15) is 0 Å². The molecule has 2 unspecified atom stereocenters. The summed E-state index contributed by atoms with van der Waals surface area (Å²) in [5.74, 6) is -0.282. The molecule has 0 aromatic heterocycles. The third-order valence-corrected chi connectivity index (χ3v) is 4.63. The quantitative estimate of drug-likeness (QED) is 0.561. The molecule has 106 valence electrons. The van der Waals surface area contributed by atoms with E-state index in [1.54, 1.807) is 30.3 Å². The highest BCUT2D eigenvalue weighted by atomic mass is 79.9. The zero-order valence-corrected chi connectivity index (χ0v) is 12.2. The number of rotatable bonds is 2. The number of carbonyl (C=O) groups is 1. The summed E-state index contributed by atoms with van der Waals surface area (Å²) in [6.07, 6.45) is -0.762. The maximum atomic E-state index is 13.0. The molecule has 1 aromatic carbocycles. The molecule has 0 N–H and O–H groups in total. The van der Waals surface area contributed by atoms with Crippen LogP contribution < -0.4 is 0 Å². The molecule has 2 atom stereocenters. The predicted molar refractivity (Wildman–Crippen MR) is 74.9 cm³/mol. The Morgan fingerprint density at radius 2 is 1.85 bits per heavy atom. The summed E-state index contributed by atoms with van der Waals surface area (Å²) in [5.41, 5.74) is -1.29. The van der Waals surface area contributed by atoms with Crippen LogP contribution >= 0.6 is 15.9 Å². The Balaban J connectivity index is 2.30. The Hall–Kier alpha value is -1.36. The molecule has 0 bridgehead atoms. The van der Waals surface area contributed by atoms with Crippen molar-refractivity contribution in [2.75, 3.05) is 0 Å². The summed E-state index contributed by atoms with van der Waals surface area (Å²) >= 11 is 3.03. The van der Waals surface area contributed by atoms with Crippen LogP contribution in [0.5, 0.6) is 0 Å². The highest BCUT2D eigenvalue weighted by Crippen LogP contribution is 2.47. The van der Waals surface area contributed by atoms with Gasteiger partial charge in [0.2, 0.25) is 0 Å². The van der Waals surface area contributed by atoms with Gasteiger partial charge in [0.25, 0.3) is 0 Å². The Morgan fingerprint density at radius 3 is 2.35 bits per heavy atom. The first kappa shape index (κ1) is 15.0. The predicted octanol–water partition coefficient (Wildman–Crippen LogP) is 4.70. The second kappa shape index (κ2) is 5.20. The topological polar surface area (TPSA) is 17.1 Å². The van der Waals surface area contributed by atoms with E-state index in [1.807, 2.05) is 0 Å². The molecule has 0 spiro atoms. The van der Waals surface area contributed by atoms with Gasteiger partial charge in [0.15, 0.2) is 5.78 Å². The number of benzene rings is 1. The highest BCUT2D eigenvalue weighted by molar-refractivity contribution is 9.09. The molecular weight excluding hydrogens is 333 g/mol. The molecule has 0 radical (unpaired) electrons. The summed E-state index contributed by atoms with van der Waals surface area (Å²) < 4.78 is 39.1. The largest absolute Gasteiger partial charge is 0.398 e. The monoisotopic (exact) mass is 344 g/mol. The van der Waals surface area contributed by atoms with Gasteiger partial charge in [-0.3, -0.25) is 4.79 Å². The van der Waals surface area contributed by atoms with Crippen LogP contribution in [-0.2, 0) is 0 Å². The average Bonchev–Trinajstić information content (AvgIpc) is 2.41. The maximum absolute atomic E-state index is 13.0. The lowest BCUT2D eigenvalue weighted by Crippen LogP contribution is -2.41. The molecule has 1 aromatic rings. The summed E-state index contributed by atoms with van der Waals surface area (Å²) in [4.78, 5) is 11.2. The lowest BCUT2D eigenvalue weighted by Gasteiger charge is -2.34. The first-order chi connectivity index (χ1) is 9.25. The average molecular weight is 345 g/mol. The third kappa shape index (κ3) is 2.59. The zero-order chi connectivity index (χ0) is 15.0. The van der Waals surface area contributed by atoms with Crippen molar-refractivity contribution in [2.45, 2.75) is 17.9 Å². The molecule has 0 amide bonds. The second-order valence-electron chi connectivity index (χ2n) is 4.83. The van der Waals surface area contributed by atoms with Crippen LogP contribution in [0.4, 0.5) is 13.2 Å².